The van der Waals surface area contributed by atoms with Crippen LogP contribution in [0.2, 0.25) is 25.7 Å². The second kappa shape index (κ2) is 14.2. The number of carbonyl (C=O) groups excluding carboxylic acids is 2. The van der Waals surface area contributed by atoms with Crippen molar-refractivity contribution in [1.29, 1.82) is 0 Å². The molecule has 256 valence electrons. The van der Waals surface area contributed by atoms with Crippen LogP contribution >= 0.6 is 0 Å². The number of fused-ring (bicyclic) bond motifs is 1. The molecule has 2 aliphatic rings. The van der Waals surface area contributed by atoms with Gasteiger partial charge in [-0.3, -0.25) is 9.69 Å². The number of benzene rings is 1. The second-order valence-electron chi connectivity index (χ2n) is 14.8. The van der Waals surface area contributed by atoms with Crippen molar-refractivity contribution in [1.82, 2.24) is 19.4 Å². The van der Waals surface area contributed by atoms with Crippen molar-refractivity contribution in [2.24, 2.45) is 11.8 Å². The van der Waals surface area contributed by atoms with Crippen molar-refractivity contribution in [3.63, 3.8) is 0 Å². The molecule has 12 heteroatoms. The molecule has 1 saturated heterocycles. The van der Waals surface area contributed by atoms with Crippen LogP contribution in [0.5, 0.6) is 11.5 Å². The highest BCUT2D eigenvalue weighted by Gasteiger charge is 2.44. The standard InChI is InChI=1S/C35H51N5O6Si/c1-35(2,3)46-34(42)39-16-14-38(15-17-39)21-24-20-26(24)33(41)37-30-13-12-25-27(31-28(43-4)10-9-11-29(31)44-5)22-40(32(25)36-30)23-45-18-19-47(6,7)8/h9-13,22,24,26H,14-21,23H2,1-8H3,(H,36,37,41)/t24-,26+/m0/s1. The first-order valence-electron chi connectivity index (χ1n) is 16.6. The van der Waals surface area contributed by atoms with Gasteiger partial charge in [0.25, 0.3) is 0 Å². The van der Waals surface area contributed by atoms with Crippen molar-refractivity contribution in [3.8, 4) is 22.6 Å². The molecular formula is C35H51N5O6Si. The monoisotopic (exact) mass is 665 g/mol. The number of rotatable bonds is 12. The van der Waals surface area contributed by atoms with Crippen LogP contribution in [-0.2, 0) is 21.0 Å². The summed E-state index contributed by atoms with van der Waals surface area (Å²) in [5, 5.41) is 3.99. The Labute approximate surface area is 279 Å². The Morgan fingerprint density at radius 1 is 1.00 bits per heavy atom. The number of nitrogens with zero attached hydrogens (tertiary/aromatic N) is 4. The summed E-state index contributed by atoms with van der Waals surface area (Å²) in [6.07, 6.45) is 2.61. The third-order valence-electron chi connectivity index (χ3n) is 8.67. The molecule has 5 rings (SSSR count). The molecule has 2 atom stereocenters. The molecule has 2 fully saturated rings. The van der Waals surface area contributed by atoms with Crippen LogP contribution in [0, 0.1) is 11.8 Å². The lowest BCUT2D eigenvalue weighted by Crippen LogP contribution is -2.50. The second-order valence-corrected chi connectivity index (χ2v) is 20.4. The molecule has 2 amide bonds. The van der Waals surface area contributed by atoms with E-state index in [9.17, 15) is 9.59 Å². The van der Waals surface area contributed by atoms with Crippen molar-refractivity contribution >= 4 is 36.9 Å². The molecule has 11 nitrogen and oxygen atoms in total. The van der Waals surface area contributed by atoms with Gasteiger partial charge in [-0.25, -0.2) is 9.78 Å². The van der Waals surface area contributed by atoms with E-state index in [2.05, 4.69) is 29.9 Å². The molecule has 0 bridgehead atoms. The number of pyridine rings is 1. The highest BCUT2D eigenvalue weighted by atomic mass is 28.3. The van der Waals surface area contributed by atoms with Crippen molar-refractivity contribution < 1.29 is 28.5 Å². The number of nitrogens with one attached hydrogen (secondary N) is 1. The van der Waals surface area contributed by atoms with Crippen LogP contribution in [0.25, 0.3) is 22.2 Å². The lowest BCUT2D eigenvalue weighted by atomic mass is 10.0. The molecule has 3 aromatic rings. The van der Waals surface area contributed by atoms with Gasteiger partial charge in [-0.15, -0.1) is 0 Å². The van der Waals surface area contributed by atoms with Crippen LogP contribution < -0.4 is 14.8 Å². The van der Waals surface area contributed by atoms with E-state index >= 15 is 0 Å². The highest BCUT2D eigenvalue weighted by molar-refractivity contribution is 6.76. The first kappa shape index (κ1) is 34.7. The highest BCUT2D eigenvalue weighted by Crippen LogP contribution is 2.43. The van der Waals surface area contributed by atoms with Crippen molar-refractivity contribution in [2.75, 3.05) is 58.9 Å². The van der Waals surface area contributed by atoms with Crippen LogP contribution in [-0.4, -0.2) is 98.6 Å². The first-order chi connectivity index (χ1) is 22.3. The summed E-state index contributed by atoms with van der Waals surface area (Å²) in [6.45, 7) is 17.3. The smallest absolute Gasteiger partial charge is 0.410 e. The van der Waals surface area contributed by atoms with Gasteiger partial charge >= 0.3 is 6.09 Å². The maximum atomic E-state index is 13.3. The number of amides is 2. The Hall–Kier alpha value is -3.61. The summed E-state index contributed by atoms with van der Waals surface area (Å²) >= 11 is 0. The molecule has 0 unspecified atom stereocenters. The van der Waals surface area contributed by atoms with Gasteiger partial charge in [-0.1, -0.05) is 25.7 Å². The number of carbonyl (C=O) groups is 2. The zero-order valence-electron chi connectivity index (χ0n) is 29.2. The Morgan fingerprint density at radius 2 is 1.68 bits per heavy atom. The SMILES string of the molecule is COc1cccc(OC)c1-c1cn(COCC[Si](C)(C)C)c2nc(NC(=O)[C@@H]3C[C@H]3CN3CCN(C(=O)OC(C)(C)C)CC3)ccc12. The number of piperazine rings is 1. The third kappa shape index (κ3) is 8.85. The van der Waals surface area contributed by atoms with Gasteiger partial charge in [-0.05, 0) is 63.4 Å². The van der Waals surface area contributed by atoms with E-state index in [0.717, 1.165) is 48.6 Å². The number of aromatic nitrogens is 2. The largest absolute Gasteiger partial charge is 0.496 e. The van der Waals surface area contributed by atoms with E-state index in [4.69, 9.17) is 23.9 Å². The first-order valence-corrected chi connectivity index (χ1v) is 20.3. The van der Waals surface area contributed by atoms with E-state index in [1.54, 1.807) is 19.1 Å². The fraction of sp³-hybridized carbons (Fsp3) is 0.571. The average Bonchev–Trinajstić information content (AvgIpc) is 3.70. The Kier molecular flexibility index (Phi) is 10.5. The van der Waals surface area contributed by atoms with E-state index in [-0.39, 0.29) is 17.9 Å². The third-order valence-corrected chi connectivity index (χ3v) is 10.4. The van der Waals surface area contributed by atoms with E-state index in [0.29, 0.717) is 55.3 Å². The predicted octanol–water partition coefficient (Wildman–Crippen LogP) is 6.16. The Balaban J connectivity index is 1.26. The Bertz CT molecular complexity index is 1550. The van der Waals surface area contributed by atoms with Crippen molar-refractivity contribution in [3.05, 3.63) is 36.5 Å². The summed E-state index contributed by atoms with van der Waals surface area (Å²) in [6, 6.07) is 10.7. The molecule has 1 N–H and O–H groups in total. The maximum Gasteiger partial charge on any atom is 0.410 e. The van der Waals surface area contributed by atoms with Crippen LogP contribution in [0.3, 0.4) is 0 Å². The molecule has 1 saturated carbocycles. The molecule has 1 aliphatic heterocycles. The zero-order valence-corrected chi connectivity index (χ0v) is 30.2. The van der Waals surface area contributed by atoms with Crippen LogP contribution in [0.15, 0.2) is 36.5 Å². The van der Waals surface area contributed by atoms with Gasteiger partial charge in [-0.2, -0.15) is 0 Å². The maximum absolute atomic E-state index is 13.3. The molecule has 47 heavy (non-hydrogen) atoms. The molecule has 3 heterocycles. The summed E-state index contributed by atoms with van der Waals surface area (Å²) in [7, 11) is 2.06. The van der Waals surface area contributed by atoms with E-state index < -0.39 is 13.7 Å². The molecule has 0 spiro atoms. The van der Waals surface area contributed by atoms with Gasteiger partial charge in [0.1, 0.15) is 35.3 Å². The molecule has 1 aliphatic carbocycles. The van der Waals surface area contributed by atoms with Crippen LogP contribution in [0.1, 0.15) is 27.2 Å². The minimum absolute atomic E-state index is 0.00893. The number of hydrogen-bond acceptors (Lipinski definition) is 8. The molecule has 0 radical (unpaired) electrons. The summed E-state index contributed by atoms with van der Waals surface area (Å²) in [5.74, 6) is 2.14. The lowest BCUT2D eigenvalue weighted by Gasteiger charge is -2.35. The van der Waals surface area contributed by atoms with E-state index in [1.807, 2.05) is 61.9 Å². The van der Waals surface area contributed by atoms with Gasteiger partial charge in [0.2, 0.25) is 5.91 Å². The molecular weight excluding hydrogens is 615 g/mol. The molecule has 2 aromatic heterocycles. The fourth-order valence-corrected chi connectivity index (χ4v) is 6.71. The summed E-state index contributed by atoms with van der Waals surface area (Å²) in [5.41, 5.74) is 1.98. The number of hydrogen-bond donors (Lipinski definition) is 1. The number of anilines is 1. The van der Waals surface area contributed by atoms with Gasteiger partial charge in [0, 0.05) is 70.5 Å². The number of methoxy groups -OCH3 is 2. The van der Waals surface area contributed by atoms with Crippen molar-refractivity contribution in [2.45, 2.75) is 65.2 Å². The summed E-state index contributed by atoms with van der Waals surface area (Å²) < 4.78 is 25.1. The normalized spacial score (nSPS) is 18.7. The van der Waals surface area contributed by atoms with Gasteiger partial charge in [0.05, 0.1) is 19.8 Å². The average molecular weight is 666 g/mol. The Morgan fingerprint density at radius 3 is 2.30 bits per heavy atom. The molecule has 1 aromatic carbocycles. The topological polar surface area (TPSA) is 107 Å². The minimum atomic E-state index is -1.24. The quantitative estimate of drug-likeness (QED) is 0.181. The van der Waals surface area contributed by atoms with Gasteiger partial charge in [0.15, 0.2) is 0 Å². The van der Waals surface area contributed by atoms with Crippen LogP contribution in [0.4, 0.5) is 10.6 Å². The minimum Gasteiger partial charge on any atom is -0.496 e. The van der Waals surface area contributed by atoms with Gasteiger partial charge < -0.3 is 33.7 Å². The zero-order chi connectivity index (χ0) is 33.9. The fourth-order valence-electron chi connectivity index (χ4n) is 5.95. The number of ether oxygens (including phenoxy) is 4. The predicted molar refractivity (Wildman–Crippen MR) is 187 cm³/mol. The lowest BCUT2D eigenvalue weighted by molar-refractivity contribution is -0.117. The summed E-state index contributed by atoms with van der Waals surface area (Å²) in [4.78, 5) is 34.8. The van der Waals surface area contributed by atoms with E-state index in [1.165, 1.54) is 0 Å².